The standard InChI is InChI=1S/C19H25N7O/c1-14(18-22-15-7-3-4-8-16(15)23-18)21-17(27)11-19(9-5-2-6-10-19)12-26-13-20-24-25-26/h3-4,7-8,13-14H,2,5-6,9-12H2,1H3,(H,21,27)(H,22,23)/t14-/m0/s1. The molecule has 1 atom stereocenters. The Morgan fingerprint density at radius 3 is 2.85 bits per heavy atom. The summed E-state index contributed by atoms with van der Waals surface area (Å²) in [6, 6.07) is 7.72. The average molecular weight is 367 g/mol. The molecule has 2 N–H and O–H groups in total. The van der Waals surface area contributed by atoms with Crippen molar-refractivity contribution in [1.82, 2.24) is 35.5 Å². The second-order valence-corrected chi connectivity index (χ2v) is 7.67. The van der Waals surface area contributed by atoms with Crippen molar-refractivity contribution in [2.24, 2.45) is 5.41 Å². The van der Waals surface area contributed by atoms with Crippen molar-refractivity contribution in [2.45, 2.75) is 58.0 Å². The highest BCUT2D eigenvalue weighted by Crippen LogP contribution is 2.40. The van der Waals surface area contributed by atoms with Gasteiger partial charge >= 0.3 is 0 Å². The zero-order valence-corrected chi connectivity index (χ0v) is 15.6. The van der Waals surface area contributed by atoms with Gasteiger partial charge in [0.25, 0.3) is 0 Å². The molecule has 8 nitrogen and oxygen atoms in total. The van der Waals surface area contributed by atoms with Gasteiger partial charge in [0, 0.05) is 6.42 Å². The molecule has 142 valence electrons. The van der Waals surface area contributed by atoms with Gasteiger partial charge in [0.05, 0.1) is 23.6 Å². The van der Waals surface area contributed by atoms with Gasteiger partial charge in [0.1, 0.15) is 12.2 Å². The van der Waals surface area contributed by atoms with E-state index in [9.17, 15) is 4.79 Å². The highest BCUT2D eigenvalue weighted by molar-refractivity contribution is 5.78. The minimum atomic E-state index is -0.168. The molecule has 0 unspecified atom stereocenters. The maximum atomic E-state index is 12.8. The highest BCUT2D eigenvalue weighted by atomic mass is 16.1. The molecule has 1 aromatic carbocycles. The fourth-order valence-corrected chi connectivity index (χ4v) is 4.17. The lowest BCUT2D eigenvalue weighted by Gasteiger charge is -2.36. The molecule has 1 fully saturated rings. The molecule has 0 spiro atoms. The van der Waals surface area contributed by atoms with Crippen molar-refractivity contribution in [3.8, 4) is 0 Å². The zero-order chi connectivity index (χ0) is 18.7. The largest absolute Gasteiger partial charge is 0.346 e. The summed E-state index contributed by atoms with van der Waals surface area (Å²) in [6.45, 7) is 2.65. The number of fused-ring (bicyclic) bond motifs is 1. The number of aromatic amines is 1. The Bertz CT molecular complexity index is 863. The van der Waals surface area contributed by atoms with Gasteiger partial charge in [-0.3, -0.25) is 4.79 Å². The third-order valence-corrected chi connectivity index (χ3v) is 5.53. The second-order valence-electron chi connectivity index (χ2n) is 7.67. The number of nitrogens with one attached hydrogen (secondary N) is 2. The number of carbonyl (C=O) groups is 1. The molecular weight excluding hydrogens is 342 g/mol. The Balaban J connectivity index is 1.44. The van der Waals surface area contributed by atoms with Gasteiger partial charge in [0.15, 0.2) is 0 Å². The minimum absolute atomic E-state index is 0.0536. The molecule has 27 heavy (non-hydrogen) atoms. The van der Waals surface area contributed by atoms with Crippen LogP contribution in [0.1, 0.15) is 57.3 Å². The Kier molecular flexibility index (Phi) is 4.87. The predicted octanol–water partition coefficient (Wildman–Crippen LogP) is 2.77. The third kappa shape index (κ3) is 3.99. The summed E-state index contributed by atoms with van der Waals surface area (Å²) in [7, 11) is 0. The molecule has 1 amide bonds. The molecule has 1 aliphatic carbocycles. The van der Waals surface area contributed by atoms with Crippen molar-refractivity contribution in [3.63, 3.8) is 0 Å². The fourth-order valence-electron chi connectivity index (χ4n) is 4.17. The topological polar surface area (TPSA) is 101 Å². The van der Waals surface area contributed by atoms with Gasteiger partial charge in [-0.05, 0) is 47.7 Å². The summed E-state index contributed by atoms with van der Waals surface area (Å²) in [4.78, 5) is 20.7. The normalized spacial score (nSPS) is 17.7. The molecule has 2 heterocycles. The Hall–Kier alpha value is -2.77. The quantitative estimate of drug-likeness (QED) is 0.697. The first kappa shape index (κ1) is 17.6. The van der Waals surface area contributed by atoms with E-state index < -0.39 is 0 Å². The molecule has 1 aliphatic rings. The molecule has 4 rings (SSSR count). The molecule has 0 aliphatic heterocycles. The molecule has 0 saturated heterocycles. The van der Waals surface area contributed by atoms with Gasteiger partial charge in [-0.2, -0.15) is 0 Å². The van der Waals surface area contributed by atoms with Crippen LogP contribution in [-0.2, 0) is 11.3 Å². The number of para-hydroxylation sites is 2. The maximum absolute atomic E-state index is 12.8. The average Bonchev–Trinajstić information content (AvgIpc) is 3.31. The van der Waals surface area contributed by atoms with Crippen molar-refractivity contribution in [1.29, 1.82) is 0 Å². The van der Waals surface area contributed by atoms with Gasteiger partial charge in [-0.25, -0.2) is 9.67 Å². The number of tetrazole rings is 1. The van der Waals surface area contributed by atoms with Crippen LogP contribution in [0, 0.1) is 5.41 Å². The number of aromatic nitrogens is 6. The van der Waals surface area contributed by atoms with Gasteiger partial charge < -0.3 is 10.3 Å². The van der Waals surface area contributed by atoms with Crippen LogP contribution in [0.5, 0.6) is 0 Å². The molecule has 8 heteroatoms. The number of benzene rings is 1. The first-order valence-corrected chi connectivity index (χ1v) is 9.58. The Labute approximate surface area is 157 Å². The number of amides is 1. The third-order valence-electron chi connectivity index (χ3n) is 5.53. The Morgan fingerprint density at radius 2 is 2.11 bits per heavy atom. The van der Waals surface area contributed by atoms with E-state index in [4.69, 9.17) is 0 Å². The van der Waals surface area contributed by atoms with E-state index in [1.54, 1.807) is 11.0 Å². The van der Waals surface area contributed by atoms with Crippen molar-refractivity contribution >= 4 is 16.9 Å². The van der Waals surface area contributed by atoms with E-state index in [1.807, 2.05) is 31.2 Å². The van der Waals surface area contributed by atoms with E-state index in [0.717, 1.165) is 42.5 Å². The molecule has 2 aromatic heterocycles. The minimum Gasteiger partial charge on any atom is -0.346 e. The van der Waals surface area contributed by atoms with Gasteiger partial charge in [-0.15, -0.1) is 5.10 Å². The van der Waals surface area contributed by atoms with Crippen LogP contribution in [0.3, 0.4) is 0 Å². The summed E-state index contributed by atoms with van der Waals surface area (Å²) in [6.07, 6.45) is 7.69. The lowest BCUT2D eigenvalue weighted by molar-refractivity contribution is -0.125. The van der Waals surface area contributed by atoms with Crippen LogP contribution in [0.15, 0.2) is 30.6 Å². The van der Waals surface area contributed by atoms with E-state index in [2.05, 4.69) is 30.8 Å². The first-order chi connectivity index (χ1) is 13.1. The number of carbonyl (C=O) groups excluding carboxylic acids is 1. The molecule has 3 aromatic rings. The van der Waals surface area contributed by atoms with Crippen molar-refractivity contribution in [3.05, 3.63) is 36.4 Å². The molecular formula is C19H25N7O. The van der Waals surface area contributed by atoms with E-state index in [0.29, 0.717) is 13.0 Å². The predicted molar refractivity (Wildman–Crippen MR) is 101 cm³/mol. The van der Waals surface area contributed by atoms with Crippen LogP contribution >= 0.6 is 0 Å². The summed E-state index contributed by atoms with van der Waals surface area (Å²) < 4.78 is 1.75. The van der Waals surface area contributed by atoms with Crippen LogP contribution in [0.4, 0.5) is 0 Å². The number of imidazole rings is 1. The summed E-state index contributed by atoms with van der Waals surface area (Å²) >= 11 is 0. The number of hydrogen-bond acceptors (Lipinski definition) is 5. The van der Waals surface area contributed by atoms with E-state index >= 15 is 0 Å². The van der Waals surface area contributed by atoms with Crippen LogP contribution in [0.25, 0.3) is 11.0 Å². The summed E-state index contributed by atoms with van der Waals surface area (Å²) in [5, 5.41) is 14.6. The molecule has 0 radical (unpaired) electrons. The highest BCUT2D eigenvalue weighted by Gasteiger charge is 2.35. The number of H-pyrrole nitrogens is 1. The fraction of sp³-hybridized carbons (Fsp3) is 0.526. The summed E-state index contributed by atoms with van der Waals surface area (Å²) in [5.41, 5.74) is 1.82. The van der Waals surface area contributed by atoms with E-state index in [1.165, 1.54) is 6.42 Å². The van der Waals surface area contributed by atoms with Crippen molar-refractivity contribution in [2.75, 3.05) is 0 Å². The van der Waals surface area contributed by atoms with E-state index in [-0.39, 0.29) is 17.4 Å². The number of nitrogens with zero attached hydrogens (tertiary/aromatic N) is 5. The monoisotopic (exact) mass is 367 g/mol. The lowest BCUT2D eigenvalue weighted by Crippen LogP contribution is -2.37. The first-order valence-electron chi connectivity index (χ1n) is 9.58. The maximum Gasteiger partial charge on any atom is 0.221 e. The van der Waals surface area contributed by atoms with Crippen molar-refractivity contribution < 1.29 is 4.79 Å². The zero-order valence-electron chi connectivity index (χ0n) is 15.6. The van der Waals surface area contributed by atoms with Gasteiger partial charge in [0.2, 0.25) is 5.91 Å². The second kappa shape index (κ2) is 7.46. The van der Waals surface area contributed by atoms with Crippen LogP contribution < -0.4 is 5.32 Å². The van der Waals surface area contributed by atoms with Crippen LogP contribution in [0.2, 0.25) is 0 Å². The van der Waals surface area contributed by atoms with Crippen LogP contribution in [-0.4, -0.2) is 36.1 Å². The number of hydrogen-bond donors (Lipinski definition) is 2. The SMILES string of the molecule is C[C@H](NC(=O)CC1(Cn2cnnn2)CCCCC1)c1nc2ccccc2[nH]1. The summed E-state index contributed by atoms with van der Waals surface area (Å²) in [5.74, 6) is 0.834. The lowest BCUT2D eigenvalue weighted by atomic mass is 9.71. The smallest absolute Gasteiger partial charge is 0.221 e. The Morgan fingerprint density at radius 1 is 1.30 bits per heavy atom. The molecule has 1 saturated carbocycles. The molecule has 0 bridgehead atoms. The number of rotatable bonds is 6. The van der Waals surface area contributed by atoms with Gasteiger partial charge in [-0.1, -0.05) is 31.4 Å².